The molecule has 5 nitrogen and oxygen atoms in total. The molecule has 1 fully saturated rings. The van der Waals surface area contributed by atoms with Crippen LogP contribution in [0.1, 0.15) is 24.8 Å². The number of aryl methyl sites for hydroxylation is 1. The van der Waals surface area contributed by atoms with Crippen LogP contribution < -0.4 is 4.74 Å². The number of nitrogens with zero attached hydrogens (tertiary/aromatic N) is 1. The molecule has 1 aliphatic heterocycles. The molecule has 2 amide bonds. The van der Waals surface area contributed by atoms with Crippen molar-refractivity contribution in [2.24, 2.45) is 11.8 Å². The molecule has 1 aliphatic carbocycles. The number of esters is 1. The highest BCUT2D eigenvalue weighted by molar-refractivity contribution is 6.30. The number of hydrogen-bond donors (Lipinski definition) is 0. The molecule has 126 valence electrons. The molecular weight excluding hydrogens is 330 g/mol. The van der Waals surface area contributed by atoms with E-state index < -0.39 is 5.97 Å². The summed E-state index contributed by atoms with van der Waals surface area (Å²) in [5, 5.41) is 0.566. The Kier molecular flexibility index (Phi) is 4.71. The number of likely N-dealkylation sites (tertiary alicyclic amines) is 1. The van der Waals surface area contributed by atoms with Crippen LogP contribution in [0.2, 0.25) is 5.02 Å². The zero-order valence-electron chi connectivity index (χ0n) is 13.3. The molecule has 1 saturated heterocycles. The van der Waals surface area contributed by atoms with E-state index in [1.54, 1.807) is 25.1 Å². The molecule has 24 heavy (non-hydrogen) atoms. The summed E-state index contributed by atoms with van der Waals surface area (Å²) in [4.78, 5) is 37.9. The number of carbonyl (C=O) groups is 3. The van der Waals surface area contributed by atoms with Crippen molar-refractivity contribution in [2.75, 3.05) is 6.54 Å². The van der Waals surface area contributed by atoms with Crippen molar-refractivity contribution >= 4 is 29.4 Å². The summed E-state index contributed by atoms with van der Waals surface area (Å²) in [5.74, 6) is -0.931. The van der Waals surface area contributed by atoms with Gasteiger partial charge in [-0.15, -0.1) is 0 Å². The normalized spacial score (nSPS) is 22.7. The second-order valence-electron chi connectivity index (χ2n) is 6.12. The maximum absolute atomic E-state index is 12.3. The molecule has 0 radical (unpaired) electrons. The third kappa shape index (κ3) is 3.22. The minimum Gasteiger partial charge on any atom is -0.426 e. The standard InChI is InChI=1S/C18H18ClNO4/c1-11-10-12(19)6-7-15(11)24-16(21)8-9-20-17(22)13-4-2-3-5-14(13)18(20)23/h2-3,6-7,10,13-14H,4-5,8-9H2,1H3/t13-,14-/m1/s1. The number of ether oxygens (including phenoxy) is 1. The zero-order valence-corrected chi connectivity index (χ0v) is 14.1. The first-order valence-electron chi connectivity index (χ1n) is 7.94. The van der Waals surface area contributed by atoms with E-state index >= 15 is 0 Å². The van der Waals surface area contributed by atoms with Gasteiger partial charge in [0.05, 0.1) is 18.3 Å². The van der Waals surface area contributed by atoms with Gasteiger partial charge in [0, 0.05) is 11.6 Å². The van der Waals surface area contributed by atoms with Gasteiger partial charge >= 0.3 is 5.97 Å². The van der Waals surface area contributed by atoms with Crippen LogP contribution in [0.5, 0.6) is 5.75 Å². The number of halogens is 1. The average molecular weight is 348 g/mol. The van der Waals surface area contributed by atoms with Gasteiger partial charge in [-0.1, -0.05) is 23.8 Å². The van der Waals surface area contributed by atoms with Gasteiger partial charge in [-0.3, -0.25) is 19.3 Å². The Hall–Kier alpha value is -2.14. The first-order valence-corrected chi connectivity index (χ1v) is 8.32. The second kappa shape index (κ2) is 6.77. The van der Waals surface area contributed by atoms with Crippen molar-refractivity contribution in [2.45, 2.75) is 26.2 Å². The first-order chi connectivity index (χ1) is 11.5. The van der Waals surface area contributed by atoms with Gasteiger partial charge in [-0.25, -0.2) is 0 Å². The van der Waals surface area contributed by atoms with E-state index in [0.717, 1.165) is 5.56 Å². The summed E-state index contributed by atoms with van der Waals surface area (Å²) >= 11 is 5.87. The van der Waals surface area contributed by atoms with E-state index in [9.17, 15) is 14.4 Å². The van der Waals surface area contributed by atoms with Crippen molar-refractivity contribution in [3.8, 4) is 5.75 Å². The van der Waals surface area contributed by atoms with E-state index in [4.69, 9.17) is 16.3 Å². The Balaban J connectivity index is 1.58. The van der Waals surface area contributed by atoms with Gasteiger partial charge in [0.2, 0.25) is 11.8 Å². The Morgan fingerprint density at radius 3 is 2.42 bits per heavy atom. The van der Waals surface area contributed by atoms with E-state index in [1.807, 2.05) is 12.2 Å². The maximum atomic E-state index is 12.3. The number of amides is 2. The summed E-state index contributed by atoms with van der Waals surface area (Å²) in [7, 11) is 0. The second-order valence-corrected chi connectivity index (χ2v) is 6.55. The Labute approximate surface area is 145 Å². The summed E-state index contributed by atoms with van der Waals surface area (Å²) < 4.78 is 5.29. The quantitative estimate of drug-likeness (QED) is 0.363. The van der Waals surface area contributed by atoms with Crippen LogP contribution >= 0.6 is 11.6 Å². The van der Waals surface area contributed by atoms with Crippen molar-refractivity contribution in [1.82, 2.24) is 4.90 Å². The van der Waals surface area contributed by atoms with Gasteiger partial charge in [0.25, 0.3) is 0 Å². The van der Waals surface area contributed by atoms with Gasteiger partial charge in [-0.05, 0) is 43.5 Å². The zero-order chi connectivity index (χ0) is 17.3. The molecule has 6 heteroatoms. The largest absolute Gasteiger partial charge is 0.426 e. The molecule has 0 spiro atoms. The monoisotopic (exact) mass is 347 g/mol. The van der Waals surface area contributed by atoms with Crippen LogP contribution in [0, 0.1) is 18.8 Å². The van der Waals surface area contributed by atoms with E-state index in [0.29, 0.717) is 23.6 Å². The lowest BCUT2D eigenvalue weighted by molar-refractivity contribution is -0.141. The molecule has 3 rings (SSSR count). The molecular formula is C18H18ClNO4. The van der Waals surface area contributed by atoms with Crippen molar-refractivity contribution in [1.29, 1.82) is 0 Å². The number of rotatable bonds is 4. The number of allylic oxidation sites excluding steroid dienone is 2. The van der Waals surface area contributed by atoms with Gasteiger partial charge in [-0.2, -0.15) is 0 Å². The predicted molar refractivity (Wildman–Crippen MR) is 88.5 cm³/mol. The number of benzene rings is 1. The van der Waals surface area contributed by atoms with Gasteiger partial charge in [0.1, 0.15) is 5.75 Å². The minimum atomic E-state index is -0.478. The van der Waals surface area contributed by atoms with Gasteiger partial charge in [0.15, 0.2) is 0 Å². The molecule has 0 N–H and O–H groups in total. The van der Waals surface area contributed by atoms with Crippen LogP contribution in [0.3, 0.4) is 0 Å². The van der Waals surface area contributed by atoms with Crippen LogP contribution in [0.25, 0.3) is 0 Å². The molecule has 0 unspecified atom stereocenters. The van der Waals surface area contributed by atoms with Crippen LogP contribution in [-0.2, 0) is 14.4 Å². The SMILES string of the molecule is Cc1cc(Cl)ccc1OC(=O)CCN1C(=O)[C@@H]2CC=CC[C@H]2C1=O. The van der Waals surface area contributed by atoms with E-state index in [2.05, 4.69) is 0 Å². The maximum Gasteiger partial charge on any atom is 0.313 e. The van der Waals surface area contributed by atoms with Crippen molar-refractivity contribution in [3.63, 3.8) is 0 Å². The number of hydrogen-bond acceptors (Lipinski definition) is 4. The highest BCUT2D eigenvalue weighted by atomic mass is 35.5. The highest BCUT2D eigenvalue weighted by Crippen LogP contribution is 2.35. The van der Waals surface area contributed by atoms with E-state index in [-0.39, 0.29) is 36.6 Å². The van der Waals surface area contributed by atoms with Crippen molar-refractivity contribution < 1.29 is 19.1 Å². The van der Waals surface area contributed by atoms with Gasteiger partial charge < -0.3 is 4.74 Å². The minimum absolute atomic E-state index is 0.0214. The molecule has 0 aromatic heterocycles. The lowest BCUT2D eigenvalue weighted by atomic mass is 9.85. The molecule has 0 bridgehead atoms. The molecule has 2 atom stereocenters. The lowest BCUT2D eigenvalue weighted by Gasteiger charge is -2.14. The van der Waals surface area contributed by atoms with E-state index in [1.165, 1.54) is 4.90 Å². The van der Waals surface area contributed by atoms with Crippen LogP contribution in [0.15, 0.2) is 30.4 Å². The molecule has 1 aromatic carbocycles. The molecule has 0 saturated carbocycles. The fourth-order valence-corrected chi connectivity index (χ4v) is 3.42. The fourth-order valence-electron chi connectivity index (χ4n) is 3.19. The predicted octanol–water partition coefficient (Wildman–Crippen LogP) is 2.90. The first kappa shape index (κ1) is 16.7. The fraction of sp³-hybridized carbons (Fsp3) is 0.389. The molecule has 2 aliphatic rings. The molecule has 1 heterocycles. The number of imide groups is 1. The topological polar surface area (TPSA) is 63.7 Å². The molecule has 1 aromatic rings. The highest BCUT2D eigenvalue weighted by Gasteiger charge is 2.46. The van der Waals surface area contributed by atoms with Crippen LogP contribution in [0.4, 0.5) is 0 Å². The van der Waals surface area contributed by atoms with Crippen molar-refractivity contribution in [3.05, 3.63) is 40.9 Å². The van der Waals surface area contributed by atoms with Crippen LogP contribution in [-0.4, -0.2) is 29.2 Å². The lowest BCUT2D eigenvalue weighted by Crippen LogP contribution is -2.33. The summed E-state index contributed by atoms with van der Waals surface area (Å²) in [6.45, 7) is 1.86. The summed E-state index contributed by atoms with van der Waals surface area (Å²) in [6, 6.07) is 4.97. The Bertz CT molecular complexity index is 702. The third-order valence-electron chi connectivity index (χ3n) is 4.50. The summed E-state index contributed by atoms with van der Waals surface area (Å²) in [5.41, 5.74) is 0.751. The Morgan fingerprint density at radius 2 is 1.83 bits per heavy atom. The average Bonchev–Trinajstić information content (AvgIpc) is 2.80. The number of carbonyl (C=O) groups excluding carboxylic acids is 3. The Morgan fingerprint density at radius 1 is 1.21 bits per heavy atom. The summed E-state index contributed by atoms with van der Waals surface area (Å²) in [6.07, 6.45) is 5.05. The number of fused-ring (bicyclic) bond motifs is 1. The smallest absolute Gasteiger partial charge is 0.313 e. The third-order valence-corrected chi connectivity index (χ3v) is 4.73.